The van der Waals surface area contributed by atoms with Gasteiger partial charge in [0.15, 0.2) is 0 Å². The highest BCUT2D eigenvalue weighted by Gasteiger charge is 2.29. The summed E-state index contributed by atoms with van der Waals surface area (Å²) in [5.41, 5.74) is 2.23. The number of ether oxygens (including phenoxy) is 1. The highest BCUT2D eigenvalue weighted by Crippen LogP contribution is 2.31. The van der Waals surface area contributed by atoms with E-state index in [4.69, 9.17) is 4.74 Å². The lowest BCUT2D eigenvalue weighted by Gasteiger charge is -2.18. The third-order valence-electron chi connectivity index (χ3n) is 4.12. The lowest BCUT2D eigenvalue weighted by atomic mass is 10.1. The third kappa shape index (κ3) is 4.09. The quantitative estimate of drug-likeness (QED) is 0.684. The van der Waals surface area contributed by atoms with Crippen LogP contribution in [0.25, 0.3) is 0 Å². The van der Waals surface area contributed by atoms with E-state index in [1.54, 1.807) is 12.1 Å². The minimum atomic E-state index is -3.57. The van der Waals surface area contributed by atoms with Crippen LogP contribution in [0, 0.1) is 0 Å². The number of hydrogen-bond acceptors (Lipinski definition) is 5. The number of nitrogens with one attached hydrogen (secondary N) is 2. The fourth-order valence-corrected chi connectivity index (χ4v) is 4.13. The Labute approximate surface area is 153 Å². The van der Waals surface area contributed by atoms with Gasteiger partial charge in [0, 0.05) is 31.7 Å². The molecule has 0 amide bonds. The summed E-state index contributed by atoms with van der Waals surface area (Å²) in [4.78, 5) is 0. The van der Waals surface area contributed by atoms with Gasteiger partial charge in [-0.1, -0.05) is 24.3 Å². The number of phenolic OH excluding ortho intramolecular Hbond substituents is 1. The molecule has 0 radical (unpaired) electrons. The summed E-state index contributed by atoms with van der Waals surface area (Å²) < 4.78 is 33.2. The predicted molar refractivity (Wildman–Crippen MR) is 101 cm³/mol. The van der Waals surface area contributed by atoms with E-state index in [0.29, 0.717) is 38.5 Å². The van der Waals surface area contributed by atoms with Crippen molar-refractivity contribution < 1.29 is 18.3 Å². The molecule has 2 aromatic carbocycles. The highest BCUT2D eigenvalue weighted by molar-refractivity contribution is 7.91. The van der Waals surface area contributed by atoms with Crippen LogP contribution in [-0.4, -0.2) is 33.2 Å². The van der Waals surface area contributed by atoms with Gasteiger partial charge in [0.2, 0.25) is 0 Å². The van der Waals surface area contributed by atoms with Gasteiger partial charge in [-0.15, -0.1) is 0 Å². The Bertz CT molecular complexity index is 870. The minimum absolute atomic E-state index is 0.0530. The second kappa shape index (κ2) is 7.94. The molecule has 26 heavy (non-hydrogen) atoms. The Hall–Kier alpha value is -2.29. The Morgan fingerprint density at radius 2 is 2.04 bits per heavy atom. The minimum Gasteiger partial charge on any atom is -0.506 e. The lowest BCUT2D eigenvalue weighted by molar-refractivity contribution is 0.335. The van der Waals surface area contributed by atoms with Gasteiger partial charge in [0.05, 0.1) is 12.3 Å². The highest BCUT2D eigenvalue weighted by atomic mass is 32.2. The standard InChI is InChI=1S/C18H23N3O4S/c1-2-25-18-6-4-3-5-15(18)13-19-12-14-7-8-17(22)16(11-14)21-10-9-20-26(21,23)24/h3-8,11,19-20,22H,2,9-10,12-13H2,1H3. The average Bonchev–Trinajstić information content (AvgIpc) is 2.97. The van der Waals surface area contributed by atoms with E-state index in [2.05, 4.69) is 10.0 Å². The topological polar surface area (TPSA) is 90.9 Å². The second-order valence-corrected chi connectivity index (χ2v) is 7.62. The predicted octanol–water partition coefficient (Wildman–Crippen LogP) is 1.74. The molecule has 0 aliphatic carbocycles. The van der Waals surface area contributed by atoms with Crippen molar-refractivity contribution in [2.24, 2.45) is 0 Å². The Morgan fingerprint density at radius 3 is 2.77 bits per heavy atom. The molecular weight excluding hydrogens is 354 g/mol. The van der Waals surface area contributed by atoms with Crippen molar-refractivity contribution in [3.05, 3.63) is 53.6 Å². The van der Waals surface area contributed by atoms with E-state index in [-0.39, 0.29) is 5.75 Å². The van der Waals surface area contributed by atoms with Crippen LogP contribution in [0.4, 0.5) is 5.69 Å². The van der Waals surface area contributed by atoms with Crippen LogP contribution in [0.1, 0.15) is 18.1 Å². The SMILES string of the molecule is CCOc1ccccc1CNCc1ccc(O)c(N2CCNS2(=O)=O)c1. The van der Waals surface area contributed by atoms with Gasteiger partial charge in [-0.2, -0.15) is 13.1 Å². The van der Waals surface area contributed by atoms with Gasteiger partial charge in [0.1, 0.15) is 11.5 Å². The molecule has 7 nitrogen and oxygen atoms in total. The Balaban J connectivity index is 1.69. The van der Waals surface area contributed by atoms with Crippen molar-refractivity contribution in [1.29, 1.82) is 0 Å². The van der Waals surface area contributed by atoms with Crippen LogP contribution >= 0.6 is 0 Å². The van der Waals surface area contributed by atoms with E-state index < -0.39 is 10.2 Å². The molecule has 1 aliphatic rings. The number of benzene rings is 2. The molecule has 3 rings (SSSR count). The molecule has 0 aromatic heterocycles. The summed E-state index contributed by atoms with van der Waals surface area (Å²) in [7, 11) is -3.57. The molecule has 1 fully saturated rings. The molecule has 0 saturated carbocycles. The molecule has 0 unspecified atom stereocenters. The molecule has 140 valence electrons. The van der Waals surface area contributed by atoms with Crippen molar-refractivity contribution in [3.8, 4) is 11.5 Å². The van der Waals surface area contributed by atoms with Crippen LogP contribution in [0.5, 0.6) is 11.5 Å². The van der Waals surface area contributed by atoms with E-state index in [9.17, 15) is 13.5 Å². The monoisotopic (exact) mass is 377 g/mol. The van der Waals surface area contributed by atoms with Crippen LogP contribution in [0.15, 0.2) is 42.5 Å². The van der Waals surface area contributed by atoms with Gasteiger partial charge in [-0.25, -0.2) is 0 Å². The van der Waals surface area contributed by atoms with Crippen LogP contribution in [-0.2, 0) is 23.3 Å². The molecular formula is C18H23N3O4S. The fraction of sp³-hybridized carbons (Fsp3) is 0.333. The lowest BCUT2D eigenvalue weighted by Crippen LogP contribution is -2.29. The van der Waals surface area contributed by atoms with Gasteiger partial charge in [-0.05, 0) is 30.7 Å². The molecule has 3 N–H and O–H groups in total. The number of nitrogens with zero attached hydrogens (tertiary/aromatic N) is 1. The van der Waals surface area contributed by atoms with Crippen LogP contribution in [0.2, 0.25) is 0 Å². The smallest absolute Gasteiger partial charge is 0.301 e. The molecule has 0 atom stereocenters. The maximum atomic E-state index is 12.0. The Kier molecular flexibility index (Phi) is 5.65. The van der Waals surface area contributed by atoms with Gasteiger partial charge < -0.3 is 15.2 Å². The summed E-state index contributed by atoms with van der Waals surface area (Å²) in [5, 5.41) is 13.4. The number of phenols is 1. The van der Waals surface area contributed by atoms with Gasteiger partial charge in [-0.3, -0.25) is 4.31 Å². The van der Waals surface area contributed by atoms with Crippen molar-refractivity contribution in [2.45, 2.75) is 20.0 Å². The second-order valence-electron chi connectivity index (χ2n) is 5.94. The summed E-state index contributed by atoms with van der Waals surface area (Å²) in [6.45, 7) is 4.35. The first-order valence-electron chi connectivity index (χ1n) is 8.52. The first-order valence-corrected chi connectivity index (χ1v) is 9.96. The zero-order valence-electron chi connectivity index (χ0n) is 14.6. The number of aromatic hydroxyl groups is 1. The van der Waals surface area contributed by atoms with Gasteiger partial charge >= 0.3 is 10.2 Å². The number of hydrogen-bond donors (Lipinski definition) is 3. The fourth-order valence-electron chi connectivity index (χ4n) is 2.89. The number of para-hydroxylation sites is 1. The summed E-state index contributed by atoms with van der Waals surface area (Å²) >= 11 is 0. The first kappa shape index (κ1) is 18.5. The normalized spacial score (nSPS) is 16.0. The van der Waals surface area contributed by atoms with Crippen molar-refractivity contribution >= 4 is 15.9 Å². The molecule has 0 bridgehead atoms. The van der Waals surface area contributed by atoms with E-state index in [1.807, 2.05) is 31.2 Å². The average molecular weight is 377 g/mol. The summed E-state index contributed by atoms with van der Waals surface area (Å²) in [6, 6.07) is 12.8. The van der Waals surface area contributed by atoms with Crippen molar-refractivity contribution in [3.63, 3.8) is 0 Å². The molecule has 0 spiro atoms. The van der Waals surface area contributed by atoms with E-state index >= 15 is 0 Å². The van der Waals surface area contributed by atoms with Crippen molar-refractivity contribution in [2.75, 3.05) is 24.0 Å². The zero-order valence-corrected chi connectivity index (χ0v) is 15.4. The summed E-state index contributed by atoms with van der Waals surface area (Å²) in [5.74, 6) is 0.797. The zero-order chi connectivity index (χ0) is 18.6. The van der Waals surface area contributed by atoms with Crippen LogP contribution < -0.4 is 19.1 Å². The third-order valence-corrected chi connectivity index (χ3v) is 5.64. The molecule has 8 heteroatoms. The van der Waals surface area contributed by atoms with E-state index in [1.165, 1.54) is 10.4 Å². The molecule has 1 aliphatic heterocycles. The molecule has 1 heterocycles. The number of rotatable bonds is 7. The largest absolute Gasteiger partial charge is 0.506 e. The maximum absolute atomic E-state index is 12.0. The van der Waals surface area contributed by atoms with Crippen molar-refractivity contribution in [1.82, 2.24) is 10.0 Å². The number of anilines is 1. The van der Waals surface area contributed by atoms with E-state index in [0.717, 1.165) is 16.9 Å². The van der Waals surface area contributed by atoms with Crippen LogP contribution in [0.3, 0.4) is 0 Å². The van der Waals surface area contributed by atoms with Gasteiger partial charge in [0.25, 0.3) is 0 Å². The molecule has 1 saturated heterocycles. The Morgan fingerprint density at radius 1 is 1.23 bits per heavy atom. The summed E-state index contributed by atoms with van der Waals surface area (Å²) in [6.07, 6.45) is 0. The molecule has 2 aromatic rings. The first-order chi connectivity index (χ1) is 12.5. The maximum Gasteiger partial charge on any atom is 0.301 e.